The van der Waals surface area contributed by atoms with Crippen molar-refractivity contribution in [2.75, 3.05) is 49.1 Å². The second-order valence-corrected chi connectivity index (χ2v) is 12.5. The van der Waals surface area contributed by atoms with E-state index in [1.54, 1.807) is 0 Å². The van der Waals surface area contributed by atoms with Crippen LogP contribution in [0.1, 0.15) is 43.4 Å². The summed E-state index contributed by atoms with van der Waals surface area (Å²) in [5, 5.41) is 16.4. The molecule has 4 atom stereocenters. The molecule has 3 aromatic rings. The average Bonchev–Trinajstić information content (AvgIpc) is 3.60. The Hall–Kier alpha value is -3.17. The lowest BCUT2D eigenvalue weighted by Crippen LogP contribution is -2.52. The lowest BCUT2D eigenvalue weighted by molar-refractivity contribution is 0.107. The molecule has 4 fully saturated rings. The minimum absolute atomic E-state index is 0.237. The molecule has 2 bridgehead atoms. The number of fused-ring (bicyclic) bond motifs is 5. The van der Waals surface area contributed by atoms with Gasteiger partial charge in [0, 0.05) is 67.4 Å². The van der Waals surface area contributed by atoms with E-state index >= 15 is 0 Å². The Labute approximate surface area is 234 Å². The fraction of sp³-hybridized carbons (Fsp3) is 0.548. The van der Waals surface area contributed by atoms with Crippen LogP contribution < -0.4 is 19.9 Å². The van der Waals surface area contributed by atoms with Crippen molar-refractivity contribution in [3.63, 3.8) is 0 Å². The number of ether oxygens (including phenoxy) is 1. The Bertz CT molecular complexity index is 1440. The molecule has 6 heterocycles. The standard InChI is InChI=1S/C31H37FN6O2/c32-21-14-31(9-3-10-38(31)15-21)19-40-30-34-27-18-36(28-13-24(39)12-20-4-1-2-5-25(20)28)11-8-26(27)29(35-30)37-16-22-6-7-23(17-37)33-22/h1-2,4-5,12-13,21-23,33,39H,3,6-11,14-19H2/t21?,22-,23+,31?. The van der Waals surface area contributed by atoms with Crippen molar-refractivity contribution in [1.29, 1.82) is 0 Å². The molecular weight excluding hydrogens is 507 g/mol. The van der Waals surface area contributed by atoms with Gasteiger partial charge in [-0.1, -0.05) is 24.3 Å². The third-order valence-electron chi connectivity index (χ3n) is 9.94. The van der Waals surface area contributed by atoms with Crippen molar-refractivity contribution in [2.45, 2.75) is 68.9 Å². The summed E-state index contributed by atoms with van der Waals surface area (Å²) in [7, 11) is 0. The monoisotopic (exact) mass is 544 g/mol. The van der Waals surface area contributed by atoms with Gasteiger partial charge in [0.25, 0.3) is 0 Å². The van der Waals surface area contributed by atoms with E-state index in [4.69, 9.17) is 14.7 Å². The zero-order chi connectivity index (χ0) is 26.8. The van der Waals surface area contributed by atoms with E-state index in [2.05, 4.69) is 26.1 Å². The normalized spacial score (nSPS) is 29.7. The quantitative estimate of drug-likeness (QED) is 0.503. The first-order valence-corrected chi connectivity index (χ1v) is 14.9. The predicted molar refractivity (Wildman–Crippen MR) is 153 cm³/mol. The topological polar surface area (TPSA) is 77.0 Å². The molecule has 0 amide bonds. The molecule has 9 heteroatoms. The molecule has 0 radical (unpaired) electrons. The fourth-order valence-corrected chi connectivity index (χ4v) is 8.07. The van der Waals surface area contributed by atoms with Gasteiger partial charge in [0.05, 0.1) is 17.8 Å². The smallest absolute Gasteiger partial charge is 0.318 e. The summed E-state index contributed by atoms with van der Waals surface area (Å²) < 4.78 is 20.8. The van der Waals surface area contributed by atoms with Crippen molar-refractivity contribution in [1.82, 2.24) is 20.2 Å². The van der Waals surface area contributed by atoms with E-state index in [0.717, 1.165) is 73.4 Å². The van der Waals surface area contributed by atoms with Crippen LogP contribution in [0.25, 0.3) is 10.8 Å². The van der Waals surface area contributed by atoms with Crippen LogP contribution in [0.3, 0.4) is 0 Å². The number of phenolic OH excluding ortho intramolecular Hbond substituents is 1. The maximum Gasteiger partial charge on any atom is 0.318 e. The van der Waals surface area contributed by atoms with E-state index < -0.39 is 6.17 Å². The zero-order valence-electron chi connectivity index (χ0n) is 22.9. The first-order chi connectivity index (χ1) is 19.5. The van der Waals surface area contributed by atoms with E-state index in [9.17, 15) is 9.50 Å². The number of hydrogen-bond donors (Lipinski definition) is 2. The van der Waals surface area contributed by atoms with Crippen LogP contribution in [0.15, 0.2) is 36.4 Å². The molecule has 4 saturated heterocycles. The molecule has 40 heavy (non-hydrogen) atoms. The van der Waals surface area contributed by atoms with Crippen LogP contribution in [0.2, 0.25) is 0 Å². The third kappa shape index (κ3) is 4.16. The molecule has 2 N–H and O–H groups in total. The third-order valence-corrected chi connectivity index (χ3v) is 9.94. The van der Waals surface area contributed by atoms with Gasteiger partial charge in [0.15, 0.2) is 0 Å². The van der Waals surface area contributed by atoms with Gasteiger partial charge in [-0.3, -0.25) is 4.90 Å². The lowest BCUT2D eigenvalue weighted by atomic mass is 9.95. The predicted octanol–water partition coefficient (Wildman–Crippen LogP) is 3.79. The SMILES string of the molecule is Oc1cc(N2CCc3c(nc(OCC45CCCN4CC(F)C5)nc3N3C[C@H]4CC[C@@H](C3)N4)C2)c2ccccc2c1. The largest absolute Gasteiger partial charge is 0.508 e. The molecule has 210 valence electrons. The van der Waals surface area contributed by atoms with Gasteiger partial charge >= 0.3 is 6.01 Å². The summed E-state index contributed by atoms with van der Waals surface area (Å²) in [5.41, 5.74) is 2.98. The summed E-state index contributed by atoms with van der Waals surface area (Å²) in [5.74, 6) is 1.28. The van der Waals surface area contributed by atoms with Crippen LogP contribution in [0, 0.1) is 0 Å². The molecule has 5 aliphatic heterocycles. The summed E-state index contributed by atoms with van der Waals surface area (Å²) in [6, 6.07) is 13.3. The Morgan fingerprint density at radius 2 is 1.90 bits per heavy atom. The summed E-state index contributed by atoms with van der Waals surface area (Å²) >= 11 is 0. The van der Waals surface area contributed by atoms with E-state index in [0.29, 0.717) is 44.2 Å². The Morgan fingerprint density at radius 3 is 2.77 bits per heavy atom. The highest BCUT2D eigenvalue weighted by molar-refractivity contribution is 5.95. The molecule has 0 spiro atoms. The maximum absolute atomic E-state index is 14.4. The molecule has 0 saturated carbocycles. The molecule has 0 aliphatic carbocycles. The van der Waals surface area contributed by atoms with Gasteiger partial charge in [-0.15, -0.1) is 0 Å². The number of piperazine rings is 1. The van der Waals surface area contributed by atoms with Crippen molar-refractivity contribution >= 4 is 22.3 Å². The number of hydrogen-bond acceptors (Lipinski definition) is 8. The number of aromatic nitrogens is 2. The van der Waals surface area contributed by atoms with Gasteiger partial charge in [-0.2, -0.15) is 9.97 Å². The Morgan fingerprint density at radius 1 is 1.05 bits per heavy atom. The number of anilines is 2. The highest BCUT2D eigenvalue weighted by Gasteiger charge is 2.49. The number of aromatic hydroxyl groups is 1. The number of halogens is 1. The molecule has 8 nitrogen and oxygen atoms in total. The zero-order valence-corrected chi connectivity index (χ0v) is 22.9. The van der Waals surface area contributed by atoms with Crippen molar-refractivity contribution in [3.05, 3.63) is 47.7 Å². The van der Waals surface area contributed by atoms with Gasteiger partial charge in [0.2, 0.25) is 0 Å². The number of benzene rings is 2. The van der Waals surface area contributed by atoms with Crippen LogP contribution in [-0.4, -0.2) is 83.1 Å². The number of alkyl halides is 1. The van der Waals surface area contributed by atoms with Crippen molar-refractivity contribution < 1.29 is 14.2 Å². The van der Waals surface area contributed by atoms with Gasteiger partial charge in [0.1, 0.15) is 24.3 Å². The molecule has 1 aromatic heterocycles. The van der Waals surface area contributed by atoms with E-state index in [-0.39, 0.29) is 11.3 Å². The maximum atomic E-state index is 14.4. The highest BCUT2D eigenvalue weighted by Crippen LogP contribution is 2.41. The summed E-state index contributed by atoms with van der Waals surface area (Å²) in [4.78, 5) is 17.1. The molecule has 2 unspecified atom stereocenters. The second kappa shape index (κ2) is 9.45. The number of nitrogens with zero attached hydrogens (tertiary/aromatic N) is 5. The van der Waals surface area contributed by atoms with Crippen molar-refractivity contribution in [2.24, 2.45) is 0 Å². The Kier molecular flexibility index (Phi) is 5.81. The van der Waals surface area contributed by atoms with E-state index in [1.165, 1.54) is 18.4 Å². The molecular formula is C31H37FN6O2. The first-order valence-electron chi connectivity index (χ1n) is 14.9. The lowest BCUT2D eigenvalue weighted by Gasteiger charge is -2.38. The summed E-state index contributed by atoms with van der Waals surface area (Å²) in [6.45, 7) is 5.22. The number of rotatable bonds is 5. The Balaban J connectivity index is 1.14. The fourth-order valence-electron chi connectivity index (χ4n) is 8.07. The van der Waals surface area contributed by atoms with Gasteiger partial charge in [-0.25, -0.2) is 4.39 Å². The highest BCUT2D eigenvalue weighted by atomic mass is 19.1. The molecule has 5 aliphatic rings. The molecule has 2 aromatic carbocycles. The van der Waals surface area contributed by atoms with Crippen LogP contribution in [0.4, 0.5) is 15.9 Å². The minimum atomic E-state index is -0.786. The van der Waals surface area contributed by atoms with Crippen molar-refractivity contribution in [3.8, 4) is 11.8 Å². The van der Waals surface area contributed by atoms with Crippen LogP contribution in [0.5, 0.6) is 11.8 Å². The first kappa shape index (κ1) is 24.6. The van der Waals surface area contributed by atoms with E-state index in [1.807, 2.05) is 30.3 Å². The van der Waals surface area contributed by atoms with Gasteiger partial charge in [-0.05, 0) is 50.1 Å². The van der Waals surface area contributed by atoms with Gasteiger partial charge < -0.3 is 25.0 Å². The second-order valence-electron chi connectivity index (χ2n) is 12.5. The average molecular weight is 545 g/mol. The van der Waals surface area contributed by atoms with Crippen LogP contribution >= 0.6 is 0 Å². The minimum Gasteiger partial charge on any atom is -0.508 e. The summed E-state index contributed by atoms with van der Waals surface area (Å²) in [6.07, 6.45) is 5.04. The molecule has 8 rings (SSSR count). The number of phenols is 1. The van der Waals surface area contributed by atoms with Crippen LogP contribution in [-0.2, 0) is 13.0 Å². The number of nitrogens with one attached hydrogen (secondary N) is 1.